The molecule has 1 N–H and O–H groups in total. The number of benzene rings is 1. The zero-order valence-corrected chi connectivity index (χ0v) is 12.4. The summed E-state index contributed by atoms with van der Waals surface area (Å²) in [5.41, 5.74) is 0.971. The maximum Gasteiger partial charge on any atom is 0.244 e. The van der Waals surface area contributed by atoms with Crippen molar-refractivity contribution in [3.63, 3.8) is 0 Å². The van der Waals surface area contributed by atoms with Crippen LogP contribution in [0.1, 0.15) is 45.1 Å². The molecule has 1 rings (SSSR count). The van der Waals surface area contributed by atoms with E-state index >= 15 is 0 Å². The number of hydrogen-bond donors (Lipinski definition) is 1. The van der Waals surface area contributed by atoms with E-state index < -0.39 is 0 Å². The third kappa shape index (κ3) is 7.02. The van der Waals surface area contributed by atoms with Crippen molar-refractivity contribution in [3.8, 4) is 0 Å². The van der Waals surface area contributed by atoms with Crippen LogP contribution in [0.2, 0.25) is 5.02 Å². The lowest BCUT2D eigenvalue weighted by molar-refractivity contribution is -0.117. The Kier molecular flexibility index (Phi) is 7.27. The Bertz CT molecular complexity index is 411. The fourth-order valence-electron chi connectivity index (χ4n) is 1.81. The van der Waals surface area contributed by atoms with Gasteiger partial charge in [-0.25, -0.2) is 0 Å². The van der Waals surface area contributed by atoms with E-state index in [1.807, 2.05) is 31.2 Å². The molecule has 104 valence electrons. The van der Waals surface area contributed by atoms with Gasteiger partial charge in [-0.2, -0.15) is 0 Å². The molecule has 1 atom stereocenters. The van der Waals surface area contributed by atoms with Gasteiger partial charge in [-0.3, -0.25) is 4.79 Å². The summed E-state index contributed by atoms with van der Waals surface area (Å²) in [4.78, 5) is 11.7. The molecule has 0 heterocycles. The maximum absolute atomic E-state index is 11.7. The summed E-state index contributed by atoms with van der Waals surface area (Å²) in [7, 11) is 0. The molecular weight excluding hydrogens is 258 g/mol. The fourth-order valence-corrected chi connectivity index (χ4v) is 1.94. The Labute approximate surface area is 120 Å². The standard InChI is InChI=1S/C16H22ClNO/c1-3-4-5-6-13(2)18-16(19)12-9-14-7-10-15(17)11-8-14/h7-13H,3-6H2,1-2H3,(H,18,19). The summed E-state index contributed by atoms with van der Waals surface area (Å²) >= 11 is 5.80. The highest BCUT2D eigenvalue weighted by atomic mass is 35.5. The van der Waals surface area contributed by atoms with Crippen molar-refractivity contribution in [2.75, 3.05) is 0 Å². The van der Waals surface area contributed by atoms with Crippen LogP contribution in [0.25, 0.3) is 6.08 Å². The van der Waals surface area contributed by atoms with Gasteiger partial charge in [0, 0.05) is 17.1 Å². The molecule has 0 fully saturated rings. The molecule has 0 saturated carbocycles. The topological polar surface area (TPSA) is 29.1 Å². The van der Waals surface area contributed by atoms with Gasteiger partial charge in [-0.15, -0.1) is 0 Å². The van der Waals surface area contributed by atoms with Crippen LogP contribution in [0.3, 0.4) is 0 Å². The summed E-state index contributed by atoms with van der Waals surface area (Å²) in [5.74, 6) is -0.0426. The second-order valence-corrected chi connectivity index (χ2v) is 5.23. The zero-order chi connectivity index (χ0) is 14.1. The molecule has 1 aromatic carbocycles. The van der Waals surface area contributed by atoms with Crippen LogP contribution in [0.4, 0.5) is 0 Å². The monoisotopic (exact) mass is 279 g/mol. The number of nitrogens with one attached hydrogen (secondary N) is 1. The predicted molar refractivity (Wildman–Crippen MR) is 82.2 cm³/mol. The summed E-state index contributed by atoms with van der Waals surface area (Å²) < 4.78 is 0. The Morgan fingerprint density at radius 2 is 2.00 bits per heavy atom. The van der Waals surface area contributed by atoms with Crippen molar-refractivity contribution < 1.29 is 4.79 Å². The quantitative estimate of drug-likeness (QED) is 0.580. The molecule has 1 amide bonds. The lowest BCUT2D eigenvalue weighted by atomic mass is 10.1. The van der Waals surface area contributed by atoms with Gasteiger partial charge in [0.15, 0.2) is 0 Å². The molecule has 2 nitrogen and oxygen atoms in total. The van der Waals surface area contributed by atoms with E-state index in [9.17, 15) is 4.79 Å². The van der Waals surface area contributed by atoms with Crippen LogP contribution in [0, 0.1) is 0 Å². The number of carbonyl (C=O) groups excluding carboxylic acids is 1. The molecule has 19 heavy (non-hydrogen) atoms. The zero-order valence-electron chi connectivity index (χ0n) is 11.7. The molecule has 1 unspecified atom stereocenters. The fraction of sp³-hybridized carbons (Fsp3) is 0.438. The van der Waals surface area contributed by atoms with Crippen LogP contribution in [-0.4, -0.2) is 11.9 Å². The lowest BCUT2D eigenvalue weighted by Crippen LogP contribution is -2.30. The van der Waals surface area contributed by atoms with Gasteiger partial charge in [0.2, 0.25) is 5.91 Å². The first-order valence-electron chi connectivity index (χ1n) is 6.86. The number of halogens is 1. The average molecular weight is 280 g/mol. The largest absolute Gasteiger partial charge is 0.350 e. The molecule has 1 aromatic rings. The molecule has 0 spiro atoms. The first-order chi connectivity index (χ1) is 9.11. The lowest BCUT2D eigenvalue weighted by Gasteiger charge is -2.11. The Balaban J connectivity index is 2.35. The number of hydrogen-bond acceptors (Lipinski definition) is 1. The summed E-state index contributed by atoms with van der Waals surface area (Å²) in [6.45, 7) is 4.22. The molecule has 0 aliphatic rings. The first-order valence-corrected chi connectivity index (χ1v) is 7.23. The van der Waals surface area contributed by atoms with Crippen LogP contribution < -0.4 is 5.32 Å². The van der Waals surface area contributed by atoms with Crippen LogP contribution in [0.5, 0.6) is 0 Å². The van der Waals surface area contributed by atoms with E-state index in [0.29, 0.717) is 5.02 Å². The maximum atomic E-state index is 11.7. The molecule has 3 heteroatoms. The normalized spacial score (nSPS) is 12.6. The van der Waals surface area contributed by atoms with Gasteiger partial charge in [0.05, 0.1) is 0 Å². The summed E-state index contributed by atoms with van der Waals surface area (Å²) in [6, 6.07) is 7.63. The highest BCUT2D eigenvalue weighted by Crippen LogP contribution is 2.10. The molecule has 0 aliphatic carbocycles. The number of carbonyl (C=O) groups is 1. The summed E-state index contributed by atoms with van der Waals surface area (Å²) in [6.07, 6.45) is 8.00. The number of amides is 1. The van der Waals surface area contributed by atoms with Gasteiger partial charge in [-0.05, 0) is 37.1 Å². The smallest absolute Gasteiger partial charge is 0.244 e. The minimum atomic E-state index is -0.0426. The van der Waals surface area contributed by atoms with Gasteiger partial charge < -0.3 is 5.32 Å². The van der Waals surface area contributed by atoms with Gasteiger partial charge in [0.25, 0.3) is 0 Å². The highest BCUT2D eigenvalue weighted by Gasteiger charge is 2.03. The van der Waals surface area contributed by atoms with Gasteiger partial charge in [-0.1, -0.05) is 49.9 Å². The van der Waals surface area contributed by atoms with E-state index in [-0.39, 0.29) is 11.9 Å². The second kappa shape index (κ2) is 8.76. The average Bonchev–Trinajstić information content (AvgIpc) is 2.38. The van der Waals surface area contributed by atoms with Crippen molar-refractivity contribution >= 4 is 23.6 Å². The molecule has 0 aromatic heterocycles. The van der Waals surface area contributed by atoms with Crippen molar-refractivity contribution in [1.29, 1.82) is 0 Å². The van der Waals surface area contributed by atoms with Crippen molar-refractivity contribution in [3.05, 3.63) is 40.9 Å². The third-order valence-corrected chi connectivity index (χ3v) is 3.18. The van der Waals surface area contributed by atoms with Crippen molar-refractivity contribution in [1.82, 2.24) is 5.32 Å². The van der Waals surface area contributed by atoms with Crippen LogP contribution in [-0.2, 0) is 4.79 Å². The molecular formula is C16H22ClNO. The number of rotatable bonds is 7. The van der Waals surface area contributed by atoms with Gasteiger partial charge >= 0.3 is 0 Å². The van der Waals surface area contributed by atoms with E-state index in [4.69, 9.17) is 11.6 Å². The highest BCUT2D eigenvalue weighted by molar-refractivity contribution is 6.30. The van der Waals surface area contributed by atoms with Crippen molar-refractivity contribution in [2.45, 2.75) is 45.6 Å². The first kappa shape index (κ1) is 15.8. The Hall–Kier alpha value is -1.28. The number of unbranched alkanes of at least 4 members (excludes halogenated alkanes) is 2. The molecule has 0 bridgehead atoms. The predicted octanol–water partition coefficient (Wildman–Crippen LogP) is 4.44. The van der Waals surface area contributed by atoms with E-state index in [2.05, 4.69) is 12.2 Å². The Morgan fingerprint density at radius 1 is 1.32 bits per heavy atom. The third-order valence-electron chi connectivity index (χ3n) is 2.93. The molecule has 0 radical (unpaired) electrons. The Morgan fingerprint density at radius 3 is 2.63 bits per heavy atom. The van der Waals surface area contributed by atoms with Crippen molar-refractivity contribution in [2.24, 2.45) is 0 Å². The molecule has 0 saturated heterocycles. The minimum absolute atomic E-state index is 0.0426. The minimum Gasteiger partial charge on any atom is -0.350 e. The SMILES string of the molecule is CCCCCC(C)NC(=O)C=Cc1ccc(Cl)cc1. The van der Waals surface area contributed by atoms with E-state index in [0.717, 1.165) is 12.0 Å². The summed E-state index contributed by atoms with van der Waals surface area (Å²) in [5, 5.41) is 3.67. The van der Waals surface area contributed by atoms with Crippen LogP contribution >= 0.6 is 11.6 Å². The van der Waals surface area contributed by atoms with Gasteiger partial charge in [0.1, 0.15) is 0 Å². The van der Waals surface area contributed by atoms with Crippen LogP contribution in [0.15, 0.2) is 30.3 Å². The van der Waals surface area contributed by atoms with E-state index in [1.165, 1.54) is 19.3 Å². The molecule has 0 aliphatic heterocycles. The second-order valence-electron chi connectivity index (χ2n) is 4.79. The van der Waals surface area contributed by atoms with E-state index in [1.54, 1.807) is 12.2 Å².